The Bertz CT molecular complexity index is 928. The van der Waals surface area contributed by atoms with Gasteiger partial charge in [-0.25, -0.2) is 9.97 Å². The molecular formula is C26H36N4O2. The van der Waals surface area contributed by atoms with Crippen LogP contribution < -0.4 is 0 Å². The average molecular weight is 437 g/mol. The third-order valence-electron chi connectivity index (χ3n) is 6.50. The van der Waals surface area contributed by atoms with Gasteiger partial charge in [-0.1, -0.05) is 29.8 Å². The Hall–Kier alpha value is -2.76. The summed E-state index contributed by atoms with van der Waals surface area (Å²) >= 11 is 0. The van der Waals surface area contributed by atoms with Crippen LogP contribution in [0.2, 0.25) is 0 Å². The summed E-state index contributed by atoms with van der Waals surface area (Å²) in [5, 5.41) is 0. The number of aromatic nitrogens is 2. The lowest BCUT2D eigenvalue weighted by molar-refractivity contribution is -0.132. The van der Waals surface area contributed by atoms with E-state index >= 15 is 0 Å². The van der Waals surface area contributed by atoms with E-state index < -0.39 is 0 Å². The van der Waals surface area contributed by atoms with E-state index in [0.29, 0.717) is 32.5 Å². The molecule has 0 N–H and O–H groups in total. The van der Waals surface area contributed by atoms with Crippen LogP contribution in [0.15, 0.2) is 24.3 Å². The molecular weight excluding hydrogens is 400 g/mol. The molecule has 2 heterocycles. The molecule has 6 nitrogen and oxygen atoms in total. The van der Waals surface area contributed by atoms with Gasteiger partial charge in [-0.15, -0.1) is 0 Å². The minimum absolute atomic E-state index is 0.114. The lowest BCUT2D eigenvalue weighted by Gasteiger charge is -2.32. The SMILES string of the molecule is CCN(CC)C(=O)Cc1c(C)nc(C2CCCN(C(=O)Cc3ccc(C)cc3)C2)nc1C. The summed E-state index contributed by atoms with van der Waals surface area (Å²) in [5.41, 5.74) is 4.92. The molecule has 0 bridgehead atoms. The van der Waals surface area contributed by atoms with Crippen LogP contribution in [0.5, 0.6) is 0 Å². The Labute approximate surface area is 192 Å². The summed E-state index contributed by atoms with van der Waals surface area (Å²) < 4.78 is 0. The second kappa shape index (κ2) is 10.7. The van der Waals surface area contributed by atoms with Gasteiger partial charge in [0.2, 0.25) is 11.8 Å². The number of hydrogen-bond donors (Lipinski definition) is 0. The van der Waals surface area contributed by atoms with E-state index in [9.17, 15) is 9.59 Å². The molecule has 1 aromatic carbocycles. The average Bonchev–Trinajstić information content (AvgIpc) is 2.78. The Kier molecular flexibility index (Phi) is 7.99. The molecule has 2 aromatic rings. The van der Waals surface area contributed by atoms with Crippen molar-refractivity contribution >= 4 is 11.8 Å². The zero-order valence-corrected chi connectivity index (χ0v) is 20.1. The molecule has 3 rings (SSSR count). The largest absolute Gasteiger partial charge is 0.343 e. The maximum absolute atomic E-state index is 12.9. The monoisotopic (exact) mass is 436 g/mol. The second-order valence-electron chi connectivity index (χ2n) is 8.82. The van der Waals surface area contributed by atoms with Crippen LogP contribution in [0.4, 0.5) is 0 Å². The van der Waals surface area contributed by atoms with Crippen molar-refractivity contribution < 1.29 is 9.59 Å². The van der Waals surface area contributed by atoms with Crippen molar-refractivity contribution in [3.63, 3.8) is 0 Å². The molecule has 1 aliphatic heterocycles. The van der Waals surface area contributed by atoms with Crippen molar-refractivity contribution in [2.75, 3.05) is 26.2 Å². The highest BCUT2D eigenvalue weighted by Crippen LogP contribution is 2.26. The molecule has 1 unspecified atom stereocenters. The van der Waals surface area contributed by atoms with Gasteiger partial charge >= 0.3 is 0 Å². The molecule has 0 radical (unpaired) electrons. The molecule has 2 amide bonds. The first-order valence-electron chi connectivity index (χ1n) is 11.8. The minimum atomic E-state index is 0.114. The van der Waals surface area contributed by atoms with Crippen molar-refractivity contribution in [2.45, 2.75) is 66.2 Å². The van der Waals surface area contributed by atoms with Gasteiger partial charge in [-0.05, 0) is 53.0 Å². The minimum Gasteiger partial charge on any atom is -0.343 e. The predicted octanol–water partition coefficient (Wildman–Crippen LogP) is 3.76. The van der Waals surface area contributed by atoms with Crippen LogP contribution in [-0.4, -0.2) is 57.8 Å². The summed E-state index contributed by atoms with van der Waals surface area (Å²) in [6.45, 7) is 12.8. The highest BCUT2D eigenvalue weighted by molar-refractivity contribution is 5.79. The number of likely N-dealkylation sites (tertiary alicyclic amines) is 1. The fourth-order valence-electron chi connectivity index (χ4n) is 4.45. The summed E-state index contributed by atoms with van der Waals surface area (Å²) in [5.74, 6) is 1.21. The number of likely N-dealkylation sites (N-methyl/N-ethyl adjacent to an activating group) is 1. The molecule has 0 aliphatic carbocycles. The maximum atomic E-state index is 12.9. The number of piperidine rings is 1. The quantitative estimate of drug-likeness (QED) is 0.663. The summed E-state index contributed by atoms with van der Waals surface area (Å²) in [7, 11) is 0. The molecule has 1 atom stereocenters. The Morgan fingerprint density at radius 2 is 1.62 bits per heavy atom. The van der Waals surface area contributed by atoms with Gasteiger partial charge < -0.3 is 9.80 Å². The molecule has 172 valence electrons. The normalized spacial score (nSPS) is 16.2. The van der Waals surface area contributed by atoms with E-state index in [2.05, 4.69) is 6.92 Å². The molecule has 1 aromatic heterocycles. The molecule has 1 aliphatic rings. The summed E-state index contributed by atoms with van der Waals surface area (Å²) in [6, 6.07) is 8.16. The number of carbonyl (C=O) groups is 2. The van der Waals surface area contributed by atoms with Crippen LogP contribution in [-0.2, 0) is 22.4 Å². The molecule has 6 heteroatoms. The van der Waals surface area contributed by atoms with Gasteiger partial charge in [-0.2, -0.15) is 0 Å². The topological polar surface area (TPSA) is 66.4 Å². The van der Waals surface area contributed by atoms with Crippen LogP contribution >= 0.6 is 0 Å². The molecule has 0 saturated carbocycles. The summed E-state index contributed by atoms with van der Waals surface area (Å²) in [6.07, 6.45) is 2.70. The number of rotatable bonds is 7. The van der Waals surface area contributed by atoms with Crippen molar-refractivity contribution in [1.29, 1.82) is 0 Å². The first-order valence-corrected chi connectivity index (χ1v) is 11.8. The van der Waals surface area contributed by atoms with Crippen LogP contribution in [0, 0.1) is 20.8 Å². The maximum Gasteiger partial charge on any atom is 0.227 e. The fraction of sp³-hybridized carbons (Fsp3) is 0.538. The van der Waals surface area contributed by atoms with E-state index in [0.717, 1.165) is 47.7 Å². The standard InChI is InChI=1S/C26H36N4O2/c1-6-29(7-2)25(32)16-23-19(4)27-26(28-20(23)5)22-9-8-14-30(17-22)24(31)15-21-12-10-18(3)11-13-21/h10-13,22H,6-9,14-17H2,1-5H3. The molecule has 1 fully saturated rings. The number of nitrogens with zero attached hydrogens (tertiary/aromatic N) is 4. The third kappa shape index (κ3) is 5.72. The lowest BCUT2D eigenvalue weighted by atomic mass is 9.95. The van der Waals surface area contributed by atoms with Crippen LogP contribution in [0.1, 0.15) is 66.5 Å². The van der Waals surface area contributed by atoms with E-state index in [1.807, 2.05) is 61.8 Å². The molecule has 0 spiro atoms. The number of carbonyl (C=O) groups excluding carboxylic acids is 2. The van der Waals surface area contributed by atoms with Crippen molar-refractivity contribution in [3.05, 3.63) is 58.2 Å². The van der Waals surface area contributed by atoms with Gasteiger partial charge in [0.25, 0.3) is 0 Å². The van der Waals surface area contributed by atoms with Crippen LogP contribution in [0.3, 0.4) is 0 Å². The van der Waals surface area contributed by atoms with Gasteiger partial charge in [0.05, 0.1) is 12.8 Å². The first kappa shape index (κ1) is 23.9. The van der Waals surface area contributed by atoms with Gasteiger partial charge in [-0.3, -0.25) is 9.59 Å². The van der Waals surface area contributed by atoms with E-state index in [-0.39, 0.29) is 17.7 Å². The van der Waals surface area contributed by atoms with E-state index in [4.69, 9.17) is 9.97 Å². The Morgan fingerprint density at radius 3 is 2.22 bits per heavy atom. The predicted molar refractivity (Wildman–Crippen MR) is 127 cm³/mol. The third-order valence-corrected chi connectivity index (χ3v) is 6.50. The summed E-state index contributed by atoms with van der Waals surface area (Å²) in [4.78, 5) is 38.9. The van der Waals surface area contributed by atoms with Crippen molar-refractivity contribution in [3.8, 4) is 0 Å². The number of benzene rings is 1. The number of aryl methyl sites for hydroxylation is 3. The van der Waals surface area contributed by atoms with Gasteiger partial charge in [0, 0.05) is 49.0 Å². The second-order valence-corrected chi connectivity index (χ2v) is 8.82. The van der Waals surface area contributed by atoms with Crippen LogP contribution in [0.25, 0.3) is 0 Å². The van der Waals surface area contributed by atoms with Crippen molar-refractivity contribution in [1.82, 2.24) is 19.8 Å². The Balaban J connectivity index is 1.70. The zero-order chi connectivity index (χ0) is 23.3. The smallest absolute Gasteiger partial charge is 0.227 e. The zero-order valence-electron chi connectivity index (χ0n) is 20.1. The van der Waals surface area contributed by atoms with Gasteiger partial charge in [0.15, 0.2) is 0 Å². The van der Waals surface area contributed by atoms with E-state index in [1.54, 1.807) is 0 Å². The van der Waals surface area contributed by atoms with E-state index in [1.165, 1.54) is 5.56 Å². The lowest BCUT2D eigenvalue weighted by Crippen LogP contribution is -2.40. The highest BCUT2D eigenvalue weighted by atomic mass is 16.2. The van der Waals surface area contributed by atoms with Gasteiger partial charge in [0.1, 0.15) is 5.82 Å². The molecule has 1 saturated heterocycles. The highest BCUT2D eigenvalue weighted by Gasteiger charge is 2.27. The fourth-order valence-corrected chi connectivity index (χ4v) is 4.45. The van der Waals surface area contributed by atoms with Crippen molar-refractivity contribution in [2.24, 2.45) is 0 Å². The number of amides is 2. The Morgan fingerprint density at radius 1 is 1.00 bits per heavy atom. The molecule has 32 heavy (non-hydrogen) atoms. The first-order chi connectivity index (χ1) is 15.3. The number of hydrogen-bond acceptors (Lipinski definition) is 4.